The predicted molar refractivity (Wildman–Crippen MR) is 108 cm³/mol. The first-order valence-electron chi connectivity index (χ1n) is 9.91. The number of nitrogens with zero attached hydrogens (tertiary/aromatic N) is 1. The lowest BCUT2D eigenvalue weighted by atomic mass is 9.64. The lowest BCUT2D eigenvalue weighted by molar-refractivity contribution is -0.132. The van der Waals surface area contributed by atoms with Crippen molar-refractivity contribution in [2.45, 2.75) is 65.5 Å². The monoisotopic (exact) mass is 346 g/mol. The standard InChI is InChI=1S/C22H38N2O/c1-7-21(4)17-22(18(2)3,13-15-25-21)12-14-23-16-19-8-10-20(11-9-19)24(5)6/h8-11,18,23H,7,12-17H2,1-6H3. The average molecular weight is 347 g/mol. The zero-order valence-corrected chi connectivity index (χ0v) is 17.2. The molecule has 2 atom stereocenters. The fourth-order valence-corrected chi connectivity index (χ4v) is 4.09. The maximum Gasteiger partial charge on any atom is 0.0657 e. The van der Waals surface area contributed by atoms with Gasteiger partial charge < -0.3 is 15.0 Å². The maximum absolute atomic E-state index is 6.10. The van der Waals surface area contributed by atoms with E-state index in [1.807, 2.05) is 0 Å². The van der Waals surface area contributed by atoms with Gasteiger partial charge in [-0.2, -0.15) is 0 Å². The summed E-state index contributed by atoms with van der Waals surface area (Å²) < 4.78 is 6.10. The summed E-state index contributed by atoms with van der Waals surface area (Å²) in [7, 11) is 4.16. The Morgan fingerprint density at radius 2 is 1.88 bits per heavy atom. The molecule has 1 aliphatic heterocycles. The average Bonchev–Trinajstić information content (AvgIpc) is 2.59. The van der Waals surface area contributed by atoms with E-state index in [4.69, 9.17) is 4.74 Å². The lowest BCUT2D eigenvalue weighted by Crippen LogP contribution is -2.46. The molecular formula is C22H38N2O. The van der Waals surface area contributed by atoms with E-state index in [9.17, 15) is 0 Å². The summed E-state index contributed by atoms with van der Waals surface area (Å²) in [6.07, 6.45) is 4.72. The second kappa shape index (κ2) is 8.55. The van der Waals surface area contributed by atoms with Crippen LogP contribution in [0, 0.1) is 11.3 Å². The van der Waals surface area contributed by atoms with Gasteiger partial charge in [-0.1, -0.05) is 32.9 Å². The summed E-state index contributed by atoms with van der Waals surface area (Å²) >= 11 is 0. The Hall–Kier alpha value is -1.06. The number of ether oxygens (including phenoxy) is 1. The molecule has 0 bridgehead atoms. The molecule has 1 fully saturated rings. The van der Waals surface area contributed by atoms with Gasteiger partial charge in [0.15, 0.2) is 0 Å². The van der Waals surface area contributed by atoms with Crippen LogP contribution in [0.4, 0.5) is 5.69 Å². The van der Waals surface area contributed by atoms with Crippen LogP contribution in [0.5, 0.6) is 0 Å². The number of hydrogen-bond acceptors (Lipinski definition) is 3. The first kappa shape index (κ1) is 20.3. The first-order valence-corrected chi connectivity index (χ1v) is 9.91. The summed E-state index contributed by atoms with van der Waals surface area (Å²) in [6, 6.07) is 8.84. The second-order valence-corrected chi connectivity index (χ2v) is 8.58. The summed E-state index contributed by atoms with van der Waals surface area (Å²) in [5, 5.41) is 3.67. The summed E-state index contributed by atoms with van der Waals surface area (Å²) in [5.41, 5.74) is 3.08. The molecule has 142 valence electrons. The highest BCUT2D eigenvalue weighted by Gasteiger charge is 2.43. The van der Waals surface area contributed by atoms with Crippen molar-refractivity contribution in [1.29, 1.82) is 0 Å². The largest absolute Gasteiger partial charge is 0.378 e. The zero-order chi connectivity index (χ0) is 18.5. The van der Waals surface area contributed by atoms with Crippen LogP contribution in [0.2, 0.25) is 0 Å². The van der Waals surface area contributed by atoms with Gasteiger partial charge in [0, 0.05) is 32.9 Å². The fraction of sp³-hybridized carbons (Fsp3) is 0.727. The van der Waals surface area contributed by atoms with Crippen molar-refractivity contribution in [2.75, 3.05) is 32.1 Å². The number of benzene rings is 1. The Morgan fingerprint density at radius 3 is 2.44 bits per heavy atom. The molecule has 2 unspecified atom stereocenters. The van der Waals surface area contributed by atoms with Crippen molar-refractivity contribution in [1.82, 2.24) is 5.32 Å². The molecule has 0 saturated carbocycles. The van der Waals surface area contributed by atoms with Crippen LogP contribution < -0.4 is 10.2 Å². The first-order chi connectivity index (χ1) is 11.8. The molecule has 0 spiro atoms. The van der Waals surface area contributed by atoms with E-state index in [2.05, 4.69) is 76.3 Å². The van der Waals surface area contributed by atoms with E-state index >= 15 is 0 Å². The maximum atomic E-state index is 6.10. The molecule has 0 radical (unpaired) electrons. The van der Waals surface area contributed by atoms with Gasteiger partial charge >= 0.3 is 0 Å². The molecule has 3 nitrogen and oxygen atoms in total. The molecule has 1 N–H and O–H groups in total. The Morgan fingerprint density at radius 1 is 1.20 bits per heavy atom. The SMILES string of the molecule is CCC1(C)CC(CCNCc2ccc(N(C)C)cc2)(C(C)C)CCO1. The number of anilines is 1. The molecule has 1 heterocycles. The summed E-state index contributed by atoms with van der Waals surface area (Å²) in [6.45, 7) is 12.3. The van der Waals surface area contributed by atoms with E-state index in [-0.39, 0.29) is 5.60 Å². The van der Waals surface area contributed by atoms with Crippen LogP contribution in [-0.4, -0.2) is 32.8 Å². The zero-order valence-electron chi connectivity index (χ0n) is 17.2. The molecule has 1 saturated heterocycles. The molecule has 25 heavy (non-hydrogen) atoms. The Labute approximate surface area is 155 Å². The van der Waals surface area contributed by atoms with Gasteiger partial charge in [-0.3, -0.25) is 0 Å². The highest BCUT2D eigenvalue weighted by Crippen LogP contribution is 2.47. The minimum Gasteiger partial charge on any atom is -0.378 e. The summed E-state index contributed by atoms with van der Waals surface area (Å²) in [4.78, 5) is 2.14. The van der Waals surface area contributed by atoms with Crippen LogP contribution in [0.1, 0.15) is 58.9 Å². The van der Waals surface area contributed by atoms with E-state index in [0.29, 0.717) is 11.3 Å². The van der Waals surface area contributed by atoms with E-state index in [1.165, 1.54) is 30.5 Å². The molecule has 0 aliphatic carbocycles. The molecular weight excluding hydrogens is 308 g/mol. The van der Waals surface area contributed by atoms with Crippen molar-refractivity contribution in [3.8, 4) is 0 Å². The van der Waals surface area contributed by atoms with Gasteiger partial charge in [0.1, 0.15) is 0 Å². The van der Waals surface area contributed by atoms with Crippen molar-refractivity contribution < 1.29 is 4.74 Å². The Balaban J connectivity index is 1.87. The van der Waals surface area contributed by atoms with Gasteiger partial charge in [0.25, 0.3) is 0 Å². The quantitative estimate of drug-likeness (QED) is 0.681. The number of rotatable bonds is 8. The van der Waals surface area contributed by atoms with Gasteiger partial charge in [-0.05, 0) is 68.2 Å². The van der Waals surface area contributed by atoms with Crippen LogP contribution in [-0.2, 0) is 11.3 Å². The summed E-state index contributed by atoms with van der Waals surface area (Å²) in [5.74, 6) is 0.698. The van der Waals surface area contributed by atoms with Gasteiger partial charge in [-0.15, -0.1) is 0 Å². The smallest absolute Gasteiger partial charge is 0.0657 e. The minimum absolute atomic E-state index is 0.0600. The van der Waals surface area contributed by atoms with Crippen LogP contribution in [0.3, 0.4) is 0 Å². The Bertz CT molecular complexity index is 525. The van der Waals surface area contributed by atoms with Gasteiger partial charge in [0.2, 0.25) is 0 Å². The molecule has 1 aromatic carbocycles. The van der Waals surface area contributed by atoms with Gasteiger partial charge in [-0.25, -0.2) is 0 Å². The minimum atomic E-state index is 0.0600. The molecule has 1 aromatic rings. The molecule has 3 heteroatoms. The van der Waals surface area contributed by atoms with Crippen molar-refractivity contribution in [3.05, 3.63) is 29.8 Å². The topological polar surface area (TPSA) is 24.5 Å². The van der Waals surface area contributed by atoms with E-state index in [1.54, 1.807) is 0 Å². The van der Waals surface area contributed by atoms with Crippen LogP contribution in [0.25, 0.3) is 0 Å². The second-order valence-electron chi connectivity index (χ2n) is 8.58. The van der Waals surface area contributed by atoms with Crippen molar-refractivity contribution in [3.63, 3.8) is 0 Å². The third-order valence-electron chi connectivity index (χ3n) is 6.33. The predicted octanol–water partition coefficient (Wildman–Crippen LogP) is 4.85. The van der Waals surface area contributed by atoms with Crippen LogP contribution in [0.15, 0.2) is 24.3 Å². The van der Waals surface area contributed by atoms with Gasteiger partial charge in [0.05, 0.1) is 5.60 Å². The molecule has 0 aromatic heterocycles. The fourth-order valence-electron chi connectivity index (χ4n) is 4.09. The Kier molecular flexibility index (Phi) is 6.93. The lowest BCUT2D eigenvalue weighted by Gasteiger charge is -2.49. The van der Waals surface area contributed by atoms with Crippen molar-refractivity contribution in [2.24, 2.45) is 11.3 Å². The number of nitrogens with one attached hydrogen (secondary N) is 1. The third kappa shape index (κ3) is 5.21. The highest BCUT2D eigenvalue weighted by molar-refractivity contribution is 5.45. The molecule has 0 amide bonds. The third-order valence-corrected chi connectivity index (χ3v) is 6.33. The highest BCUT2D eigenvalue weighted by atomic mass is 16.5. The molecule has 1 aliphatic rings. The number of hydrogen-bond donors (Lipinski definition) is 1. The molecule has 2 rings (SSSR count). The van der Waals surface area contributed by atoms with E-state index in [0.717, 1.165) is 26.1 Å². The van der Waals surface area contributed by atoms with E-state index < -0.39 is 0 Å². The van der Waals surface area contributed by atoms with Crippen LogP contribution >= 0.6 is 0 Å². The normalized spacial score (nSPS) is 26.8. The van der Waals surface area contributed by atoms with Crippen molar-refractivity contribution >= 4 is 5.69 Å².